The predicted molar refractivity (Wildman–Crippen MR) is 66.1 cm³/mol. The number of hydrogen-bond acceptors (Lipinski definition) is 5. The summed E-state index contributed by atoms with van der Waals surface area (Å²) in [5.74, 6) is -0.0533. The fraction of sp³-hybridized carbons (Fsp3) is 0. The van der Waals surface area contributed by atoms with Gasteiger partial charge in [0.1, 0.15) is 6.33 Å². The lowest BCUT2D eigenvalue weighted by Gasteiger charge is -2.02. The molecule has 0 unspecified atom stereocenters. The average molecular weight is 257 g/mol. The molecule has 1 N–H and O–H groups in total. The van der Waals surface area contributed by atoms with Crippen LogP contribution in [-0.2, 0) is 0 Å². The minimum atomic E-state index is -0.798. The number of para-hydroxylation sites is 2. The summed E-state index contributed by atoms with van der Waals surface area (Å²) in [5.41, 5.74) is -0.0963. The van der Waals surface area contributed by atoms with Gasteiger partial charge in [-0.15, -0.1) is 0 Å². The van der Waals surface area contributed by atoms with Crippen molar-refractivity contribution in [1.82, 2.24) is 19.5 Å². The normalized spacial score (nSPS) is 10.7. The molecular weight excluding hydrogens is 250 g/mol. The molecule has 0 atom stereocenters. The van der Waals surface area contributed by atoms with E-state index in [-0.39, 0.29) is 5.82 Å². The first-order valence-electron chi connectivity index (χ1n) is 5.33. The van der Waals surface area contributed by atoms with Crippen LogP contribution in [0.2, 0.25) is 0 Å². The van der Waals surface area contributed by atoms with Gasteiger partial charge in [-0.1, -0.05) is 12.1 Å². The van der Waals surface area contributed by atoms with Crippen LogP contribution < -0.4 is 5.56 Å². The van der Waals surface area contributed by atoms with Gasteiger partial charge in [0.2, 0.25) is 5.82 Å². The zero-order chi connectivity index (χ0) is 13.4. The van der Waals surface area contributed by atoms with Crippen molar-refractivity contribution in [2.75, 3.05) is 0 Å². The molecule has 2 heterocycles. The molecule has 19 heavy (non-hydrogen) atoms. The molecule has 0 aliphatic rings. The SMILES string of the molecule is O=c1[nH]cnc(-n2cnc3ccccc32)c1[N+](=O)[O-]. The molecule has 0 saturated heterocycles. The summed E-state index contributed by atoms with van der Waals surface area (Å²) >= 11 is 0. The minimum Gasteiger partial charge on any atom is -0.307 e. The van der Waals surface area contributed by atoms with Crippen molar-refractivity contribution in [1.29, 1.82) is 0 Å². The van der Waals surface area contributed by atoms with Crippen LogP contribution in [0, 0.1) is 10.1 Å². The van der Waals surface area contributed by atoms with E-state index in [4.69, 9.17) is 0 Å². The number of aromatic amines is 1. The lowest BCUT2D eigenvalue weighted by molar-refractivity contribution is -0.386. The highest BCUT2D eigenvalue weighted by molar-refractivity contribution is 5.77. The molecule has 1 aromatic carbocycles. The summed E-state index contributed by atoms with van der Waals surface area (Å²) in [7, 11) is 0. The van der Waals surface area contributed by atoms with E-state index in [0.29, 0.717) is 11.0 Å². The van der Waals surface area contributed by atoms with Gasteiger partial charge in [0.05, 0.1) is 22.3 Å². The third-order valence-electron chi connectivity index (χ3n) is 2.67. The van der Waals surface area contributed by atoms with Crippen molar-refractivity contribution >= 4 is 16.7 Å². The zero-order valence-electron chi connectivity index (χ0n) is 9.48. The Bertz CT molecular complexity index is 835. The quantitative estimate of drug-likeness (QED) is 0.544. The number of nitrogens with zero attached hydrogens (tertiary/aromatic N) is 4. The van der Waals surface area contributed by atoms with E-state index in [1.807, 2.05) is 0 Å². The van der Waals surface area contributed by atoms with E-state index in [9.17, 15) is 14.9 Å². The number of H-pyrrole nitrogens is 1. The minimum absolute atomic E-state index is 0.0533. The van der Waals surface area contributed by atoms with Gasteiger partial charge in [-0.25, -0.2) is 9.97 Å². The molecule has 2 aromatic heterocycles. The van der Waals surface area contributed by atoms with E-state index in [1.165, 1.54) is 10.9 Å². The van der Waals surface area contributed by atoms with Crippen molar-refractivity contribution in [3.8, 4) is 5.82 Å². The number of hydrogen-bond donors (Lipinski definition) is 1. The lowest BCUT2D eigenvalue weighted by atomic mass is 10.3. The summed E-state index contributed by atoms with van der Waals surface area (Å²) in [6.45, 7) is 0. The number of benzene rings is 1. The van der Waals surface area contributed by atoms with Crippen molar-refractivity contribution in [3.63, 3.8) is 0 Å². The van der Waals surface area contributed by atoms with Crippen molar-refractivity contribution in [2.24, 2.45) is 0 Å². The largest absolute Gasteiger partial charge is 0.376 e. The monoisotopic (exact) mass is 257 g/mol. The van der Waals surface area contributed by atoms with Crippen LogP contribution in [0.15, 0.2) is 41.7 Å². The maximum Gasteiger partial charge on any atom is 0.376 e. The molecular formula is C11H7N5O3. The number of nitro groups is 1. The van der Waals surface area contributed by atoms with Gasteiger partial charge < -0.3 is 4.98 Å². The second-order valence-corrected chi connectivity index (χ2v) is 3.76. The van der Waals surface area contributed by atoms with Crippen LogP contribution in [0.5, 0.6) is 0 Å². The summed E-state index contributed by atoms with van der Waals surface area (Å²) in [6.07, 6.45) is 2.53. The summed E-state index contributed by atoms with van der Waals surface area (Å²) in [6, 6.07) is 7.10. The van der Waals surface area contributed by atoms with Crippen LogP contribution in [0.1, 0.15) is 0 Å². The van der Waals surface area contributed by atoms with Gasteiger partial charge in [-0.2, -0.15) is 0 Å². The van der Waals surface area contributed by atoms with Gasteiger partial charge in [0.15, 0.2) is 0 Å². The summed E-state index contributed by atoms with van der Waals surface area (Å²) < 4.78 is 1.42. The Morgan fingerprint density at radius 1 is 1.26 bits per heavy atom. The summed E-state index contributed by atoms with van der Waals surface area (Å²) in [4.78, 5) is 32.0. The highest BCUT2D eigenvalue weighted by Gasteiger charge is 2.23. The van der Waals surface area contributed by atoms with E-state index >= 15 is 0 Å². The van der Waals surface area contributed by atoms with Crippen LogP contribution in [0.4, 0.5) is 5.69 Å². The van der Waals surface area contributed by atoms with Crippen molar-refractivity contribution in [3.05, 3.63) is 57.4 Å². The molecule has 0 spiro atoms. The van der Waals surface area contributed by atoms with Crippen LogP contribution in [0.25, 0.3) is 16.9 Å². The average Bonchev–Trinajstić information content (AvgIpc) is 2.81. The maximum absolute atomic E-state index is 11.5. The second-order valence-electron chi connectivity index (χ2n) is 3.76. The third-order valence-corrected chi connectivity index (χ3v) is 2.67. The lowest BCUT2D eigenvalue weighted by Crippen LogP contribution is -2.16. The molecule has 0 radical (unpaired) electrons. The van der Waals surface area contributed by atoms with E-state index in [0.717, 1.165) is 6.33 Å². The highest BCUT2D eigenvalue weighted by Crippen LogP contribution is 2.20. The molecule has 0 amide bonds. The molecule has 0 aliphatic heterocycles. The molecule has 8 nitrogen and oxygen atoms in total. The molecule has 8 heteroatoms. The topological polar surface area (TPSA) is 107 Å². The Balaban J connectivity index is 2.37. The van der Waals surface area contributed by atoms with Gasteiger partial charge in [-0.05, 0) is 12.1 Å². The number of aromatic nitrogens is 4. The Morgan fingerprint density at radius 2 is 2.05 bits per heavy atom. The summed E-state index contributed by atoms with van der Waals surface area (Å²) in [5, 5.41) is 11.0. The molecule has 0 bridgehead atoms. The van der Waals surface area contributed by atoms with Crippen molar-refractivity contribution < 1.29 is 4.92 Å². The van der Waals surface area contributed by atoms with Gasteiger partial charge in [0.25, 0.3) is 0 Å². The Hall–Kier alpha value is -3.03. The van der Waals surface area contributed by atoms with Crippen LogP contribution >= 0.6 is 0 Å². The number of imidazole rings is 1. The highest BCUT2D eigenvalue weighted by atomic mass is 16.6. The fourth-order valence-electron chi connectivity index (χ4n) is 1.85. The fourth-order valence-corrected chi connectivity index (χ4v) is 1.85. The molecule has 0 fully saturated rings. The third kappa shape index (κ3) is 1.66. The van der Waals surface area contributed by atoms with E-state index in [2.05, 4.69) is 15.0 Å². The van der Waals surface area contributed by atoms with Crippen molar-refractivity contribution in [2.45, 2.75) is 0 Å². The standard InChI is InChI=1S/C11H7N5O3/c17-11-9(16(18)19)10(12-5-13-11)15-6-14-7-3-1-2-4-8(7)15/h1-6H,(H,12,13,17). The zero-order valence-corrected chi connectivity index (χ0v) is 9.48. The number of nitrogens with one attached hydrogen (secondary N) is 1. The Labute approximate surface area is 105 Å². The second kappa shape index (κ2) is 4.02. The maximum atomic E-state index is 11.5. The molecule has 94 valence electrons. The smallest absolute Gasteiger partial charge is 0.307 e. The first-order valence-corrected chi connectivity index (χ1v) is 5.33. The van der Waals surface area contributed by atoms with Gasteiger partial charge in [0, 0.05) is 0 Å². The Kier molecular flexibility index (Phi) is 2.34. The van der Waals surface area contributed by atoms with E-state index < -0.39 is 16.2 Å². The molecule has 0 saturated carbocycles. The van der Waals surface area contributed by atoms with Crippen LogP contribution in [0.3, 0.4) is 0 Å². The first-order chi connectivity index (χ1) is 9.18. The molecule has 3 rings (SSSR count). The first kappa shape index (κ1) is 11.1. The van der Waals surface area contributed by atoms with E-state index in [1.54, 1.807) is 24.3 Å². The van der Waals surface area contributed by atoms with Gasteiger partial charge >= 0.3 is 11.2 Å². The number of fused-ring (bicyclic) bond motifs is 1. The molecule has 0 aliphatic carbocycles. The predicted octanol–water partition coefficient (Wildman–Crippen LogP) is 1.02. The van der Waals surface area contributed by atoms with Gasteiger partial charge in [-0.3, -0.25) is 19.5 Å². The van der Waals surface area contributed by atoms with Crippen LogP contribution in [-0.4, -0.2) is 24.4 Å². The number of rotatable bonds is 2. The Morgan fingerprint density at radius 3 is 2.84 bits per heavy atom. The molecule has 3 aromatic rings.